The number of amides is 1. The Bertz CT molecular complexity index is 913. The summed E-state index contributed by atoms with van der Waals surface area (Å²) in [6.45, 7) is 2.26. The summed E-state index contributed by atoms with van der Waals surface area (Å²) in [5.41, 5.74) is -1.45. The fraction of sp³-hybridized carbons (Fsp3) is 0.263. The van der Waals surface area contributed by atoms with Crippen LogP contribution in [-0.4, -0.2) is 36.1 Å². The van der Waals surface area contributed by atoms with Crippen LogP contribution in [0.3, 0.4) is 0 Å². The molecule has 0 spiro atoms. The number of rotatable bonds is 8. The number of ether oxygens (including phenoxy) is 3. The summed E-state index contributed by atoms with van der Waals surface area (Å²) in [6.07, 6.45) is 0. The molecule has 29 heavy (non-hydrogen) atoms. The van der Waals surface area contributed by atoms with Crippen LogP contribution in [0.25, 0.3) is 0 Å². The molecule has 0 radical (unpaired) electrons. The minimum atomic E-state index is -1.43. The molecule has 0 aliphatic rings. The molecule has 2 aromatic rings. The number of non-ortho nitro benzene ring substituents is 1. The molecular formula is C19H19FN2O7. The van der Waals surface area contributed by atoms with Crippen molar-refractivity contribution in [3.8, 4) is 11.5 Å². The minimum Gasteiger partial charge on any atom is -0.494 e. The van der Waals surface area contributed by atoms with Gasteiger partial charge in [0.15, 0.2) is 12.2 Å². The van der Waals surface area contributed by atoms with Crippen molar-refractivity contribution < 1.29 is 33.1 Å². The van der Waals surface area contributed by atoms with Crippen molar-refractivity contribution in [1.29, 1.82) is 0 Å². The lowest BCUT2D eigenvalue weighted by Crippen LogP contribution is -2.41. The molecule has 2 rings (SSSR count). The highest BCUT2D eigenvalue weighted by atomic mass is 19.1. The lowest BCUT2D eigenvalue weighted by molar-refractivity contribution is -0.384. The predicted octanol–water partition coefficient (Wildman–Crippen LogP) is 3.08. The van der Waals surface area contributed by atoms with Crippen LogP contribution in [0.1, 0.15) is 13.8 Å². The highest BCUT2D eigenvalue weighted by molar-refractivity contribution is 5.94. The minimum absolute atomic E-state index is 0.0823. The van der Waals surface area contributed by atoms with Gasteiger partial charge in [-0.25, -0.2) is 9.18 Å². The summed E-state index contributed by atoms with van der Waals surface area (Å²) in [4.78, 5) is 34.5. The van der Waals surface area contributed by atoms with Crippen LogP contribution in [0.15, 0.2) is 42.5 Å². The Kier molecular flexibility index (Phi) is 6.71. The smallest absolute Gasteiger partial charge is 0.350 e. The number of benzene rings is 2. The van der Waals surface area contributed by atoms with E-state index >= 15 is 0 Å². The molecule has 154 valence electrons. The first kappa shape index (κ1) is 21.6. The van der Waals surface area contributed by atoms with E-state index in [0.717, 1.165) is 6.07 Å². The van der Waals surface area contributed by atoms with Crippen molar-refractivity contribution in [2.24, 2.45) is 0 Å². The van der Waals surface area contributed by atoms with Gasteiger partial charge in [0.25, 0.3) is 11.6 Å². The fourth-order valence-corrected chi connectivity index (χ4v) is 2.23. The topological polar surface area (TPSA) is 117 Å². The Labute approximate surface area is 165 Å². The maximum atomic E-state index is 12.9. The van der Waals surface area contributed by atoms with Crippen molar-refractivity contribution in [1.82, 2.24) is 0 Å². The predicted molar refractivity (Wildman–Crippen MR) is 100 cm³/mol. The third kappa shape index (κ3) is 5.89. The summed E-state index contributed by atoms with van der Waals surface area (Å²) >= 11 is 0. The number of hydrogen-bond acceptors (Lipinski definition) is 7. The molecule has 0 saturated carbocycles. The van der Waals surface area contributed by atoms with Crippen molar-refractivity contribution in [2.75, 3.05) is 19.0 Å². The summed E-state index contributed by atoms with van der Waals surface area (Å²) in [6, 6.07) is 8.74. The van der Waals surface area contributed by atoms with E-state index in [1.54, 1.807) is 0 Å². The van der Waals surface area contributed by atoms with Gasteiger partial charge in [0.1, 0.15) is 17.3 Å². The fourth-order valence-electron chi connectivity index (χ4n) is 2.23. The third-order valence-corrected chi connectivity index (χ3v) is 3.68. The second-order valence-corrected chi connectivity index (χ2v) is 6.33. The molecule has 0 fully saturated rings. The molecule has 0 unspecified atom stereocenters. The van der Waals surface area contributed by atoms with Gasteiger partial charge in [-0.3, -0.25) is 14.9 Å². The molecule has 9 nitrogen and oxygen atoms in total. The summed E-state index contributed by atoms with van der Waals surface area (Å²) < 4.78 is 28.4. The van der Waals surface area contributed by atoms with E-state index in [-0.39, 0.29) is 22.9 Å². The van der Waals surface area contributed by atoms with Crippen LogP contribution in [0.4, 0.5) is 15.8 Å². The van der Waals surface area contributed by atoms with Crippen LogP contribution in [-0.2, 0) is 14.3 Å². The van der Waals surface area contributed by atoms with Gasteiger partial charge in [0.2, 0.25) is 0 Å². The first-order chi connectivity index (χ1) is 13.6. The van der Waals surface area contributed by atoms with Crippen LogP contribution in [0.5, 0.6) is 11.5 Å². The van der Waals surface area contributed by atoms with Crippen LogP contribution >= 0.6 is 0 Å². The third-order valence-electron chi connectivity index (χ3n) is 3.68. The maximum Gasteiger partial charge on any atom is 0.350 e. The van der Waals surface area contributed by atoms with Crippen LogP contribution in [0.2, 0.25) is 0 Å². The molecule has 0 heterocycles. The van der Waals surface area contributed by atoms with E-state index in [1.807, 2.05) is 0 Å². The molecule has 0 bridgehead atoms. The number of nitro groups is 1. The van der Waals surface area contributed by atoms with E-state index < -0.39 is 34.8 Å². The SMILES string of the molecule is COc1cc([N+](=O)[O-])ccc1NC(=O)COC(=O)C(C)(C)Oc1ccc(F)cc1. The second kappa shape index (κ2) is 9.00. The zero-order chi connectivity index (χ0) is 21.6. The highest BCUT2D eigenvalue weighted by Crippen LogP contribution is 2.29. The van der Waals surface area contributed by atoms with Crippen molar-refractivity contribution in [2.45, 2.75) is 19.4 Å². The number of carbonyl (C=O) groups excluding carboxylic acids is 2. The number of esters is 1. The Morgan fingerprint density at radius 2 is 1.83 bits per heavy atom. The van der Waals surface area contributed by atoms with Gasteiger partial charge >= 0.3 is 5.97 Å². The monoisotopic (exact) mass is 406 g/mol. The first-order valence-electron chi connectivity index (χ1n) is 8.36. The molecule has 10 heteroatoms. The van der Waals surface area contributed by atoms with Gasteiger partial charge in [-0.1, -0.05) is 0 Å². The number of methoxy groups -OCH3 is 1. The zero-order valence-corrected chi connectivity index (χ0v) is 15.9. The van der Waals surface area contributed by atoms with E-state index in [2.05, 4.69) is 5.32 Å². The maximum absolute atomic E-state index is 12.9. The number of nitrogens with one attached hydrogen (secondary N) is 1. The Morgan fingerprint density at radius 3 is 2.41 bits per heavy atom. The van der Waals surface area contributed by atoms with Gasteiger partial charge in [-0.2, -0.15) is 0 Å². The first-order valence-corrected chi connectivity index (χ1v) is 8.36. The number of nitro benzene ring substituents is 1. The number of anilines is 1. The lowest BCUT2D eigenvalue weighted by Gasteiger charge is -2.24. The Morgan fingerprint density at radius 1 is 1.17 bits per heavy atom. The van der Waals surface area contributed by atoms with Gasteiger partial charge in [-0.05, 0) is 44.2 Å². The van der Waals surface area contributed by atoms with Crippen molar-refractivity contribution in [3.63, 3.8) is 0 Å². The number of halogens is 1. The number of nitrogens with zero attached hydrogens (tertiary/aromatic N) is 1. The molecule has 0 aliphatic heterocycles. The standard InChI is InChI=1S/C19H19FN2O7/c1-19(2,29-14-7-4-12(20)5-8-14)18(24)28-11-17(23)21-15-9-6-13(22(25)26)10-16(15)27-3/h4-10H,11H2,1-3H3,(H,21,23). The molecular weight excluding hydrogens is 387 g/mol. The van der Waals surface area contributed by atoms with Crippen molar-refractivity contribution >= 4 is 23.3 Å². The summed E-state index contributed by atoms with van der Waals surface area (Å²) in [5, 5.41) is 13.2. The van der Waals surface area contributed by atoms with Crippen LogP contribution in [0, 0.1) is 15.9 Å². The molecule has 0 atom stereocenters. The molecule has 1 amide bonds. The molecule has 0 aromatic heterocycles. The zero-order valence-electron chi connectivity index (χ0n) is 15.9. The van der Waals surface area contributed by atoms with Gasteiger partial charge in [-0.15, -0.1) is 0 Å². The van der Waals surface area contributed by atoms with Gasteiger partial charge < -0.3 is 19.5 Å². The summed E-state index contributed by atoms with van der Waals surface area (Å²) in [5.74, 6) is -1.60. The van der Waals surface area contributed by atoms with Gasteiger partial charge in [0.05, 0.1) is 23.8 Å². The Hall–Kier alpha value is -3.69. The van der Waals surface area contributed by atoms with E-state index in [1.165, 1.54) is 57.4 Å². The normalized spacial score (nSPS) is 10.8. The lowest BCUT2D eigenvalue weighted by atomic mass is 10.1. The number of carbonyl (C=O) groups is 2. The largest absolute Gasteiger partial charge is 0.494 e. The average Bonchev–Trinajstić information content (AvgIpc) is 2.67. The van der Waals surface area contributed by atoms with Crippen LogP contribution < -0.4 is 14.8 Å². The van der Waals surface area contributed by atoms with E-state index in [0.29, 0.717) is 0 Å². The molecule has 0 saturated heterocycles. The second-order valence-electron chi connectivity index (χ2n) is 6.33. The molecule has 1 N–H and O–H groups in total. The quantitative estimate of drug-likeness (QED) is 0.407. The molecule has 2 aromatic carbocycles. The van der Waals surface area contributed by atoms with E-state index in [9.17, 15) is 24.1 Å². The number of hydrogen-bond donors (Lipinski definition) is 1. The average molecular weight is 406 g/mol. The summed E-state index contributed by atoms with van der Waals surface area (Å²) in [7, 11) is 1.30. The van der Waals surface area contributed by atoms with Gasteiger partial charge in [0, 0.05) is 6.07 Å². The molecule has 0 aliphatic carbocycles. The van der Waals surface area contributed by atoms with Crippen molar-refractivity contribution in [3.05, 3.63) is 58.4 Å². The Balaban J connectivity index is 1.95. The highest BCUT2D eigenvalue weighted by Gasteiger charge is 2.32. The van der Waals surface area contributed by atoms with E-state index in [4.69, 9.17) is 14.2 Å².